The average molecular weight is 398 g/mol. The van der Waals surface area contributed by atoms with Crippen LogP contribution in [-0.4, -0.2) is 54.3 Å². The molecule has 6 nitrogen and oxygen atoms in total. The van der Waals surface area contributed by atoms with Gasteiger partial charge in [0, 0.05) is 36.8 Å². The van der Waals surface area contributed by atoms with Crippen molar-refractivity contribution in [1.82, 2.24) is 14.6 Å². The molecule has 2 N–H and O–H groups in total. The number of carbonyl (C=O) groups excluding carboxylic acids is 1. The quantitative estimate of drug-likeness (QED) is 0.799. The van der Waals surface area contributed by atoms with E-state index in [0.29, 0.717) is 24.7 Å². The smallest absolute Gasteiger partial charge is 0.267 e. The van der Waals surface area contributed by atoms with Gasteiger partial charge in [-0.2, -0.15) is 16.1 Å². The van der Waals surface area contributed by atoms with E-state index in [0.717, 1.165) is 23.3 Å². The number of nitrogens with one attached hydrogen (secondary N) is 2. The summed E-state index contributed by atoms with van der Waals surface area (Å²) in [6, 6.07) is 1.60. The lowest BCUT2D eigenvalue weighted by molar-refractivity contribution is 0.0911. The maximum atomic E-state index is 12.7. The Morgan fingerprint density at radius 2 is 2.08 bits per heavy atom. The maximum absolute atomic E-state index is 12.7. The third kappa shape index (κ3) is 3.43. The first-order valence-corrected chi connectivity index (χ1v) is 12.1. The molecule has 0 aromatic carbocycles. The standard InChI is InChI=1S/C18H27N3O3S2/c1-12(16-9-13-2-3-14(16)8-13)20-18(22)17-10-15(11-19-17)26(23,24)21-4-6-25-7-5-21/h10-14,16,19H,2-9H2,1H3,(H,20,22). The van der Waals surface area contributed by atoms with Gasteiger partial charge in [0.1, 0.15) is 10.6 Å². The van der Waals surface area contributed by atoms with Crippen LogP contribution in [-0.2, 0) is 10.0 Å². The highest BCUT2D eigenvalue weighted by Gasteiger charge is 2.42. The molecule has 0 spiro atoms. The van der Waals surface area contributed by atoms with E-state index < -0.39 is 10.0 Å². The van der Waals surface area contributed by atoms with E-state index in [2.05, 4.69) is 17.2 Å². The lowest BCUT2D eigenvalue weighted by atomic mass is 9.84. The molecule has 4 atom stereocenters. The predicted octanol–water partition coefficient (Wildman–Crippen LogP) is 2.31. The third-order valence-corrected chi connectivity index (χ3v) is 9.12. The van der Waals surface area contributed by atoms with Crippen LogP contribution in [0.2, 0.25) is 0 Å². The minimum Gasteiger partial charge on any atom is -0.356 e. The van der Waals surface area contributed by atoms with Crippen molar-refractivity contribution in [2.75, 3.05) is 24.6 Å². The second kappa shape index (κ2) is 7.20. The van der Waals surface area contributed by atoms with Crippen LogP contribution in [0.1, 0.15) is 43.1 Å². The Kier molecular flexibility index (Phi) is 5.09. The molecule has 0 radical (unpaired) electrons. The van der Waals surface area contributed by atoms with E-state index in [1.54, 1.807) is 11.8 Å². The Morgan fingerprint density at radius 3 is 2.73 bits per heavy atom. The number of fused-ring (bicyclic) bond motifs is 2. The highest BCUT2D eigenvalue weighted by molar-refractivity contribution is 7.99. The SMILES string of the molecule is CC(NC(=O)c1cc(S(=O)(=O)N2CCSCC2)c[nH]1)C1CC2CCC1C2. The molecule has 8 heteroatoms. The zero-order chi connectivity index (χ0) is 18.3. The van der Waals surface area contributed by atoms with Crippen molar-refractivity contribution in [1.29, 1.82) is 0 Å². The summed E-state index contributed by atoms with van der Waals surface area (Å²) in [6.07, 6.45) is 6.59. The number of H-pyrrole nitrogens is 1. The van der Waals surface area contributed by atoms with Gasteiger partial charge in [0.15, 0.2) is 0 Å². The summed E-state index contributed by atoms with van der Waals surface area (Å²) in [5, 5.41) is 3.09. The fourth-order valence-corrected chi connectivity index (χ4v) is 7.46. The van der Waals surface area contributed by atoms with E-state index in [-0.39, 0.29) is 16.8 Å². The van der Waals surface area contributed by atoms with Crippen LogP contribution >= 0.6 is 11.8 Å². The Balaban J connectivity index is 1.41. The van der Waals surface area contributed by atoms with E-state index in [1.165, 1.54) is 42.3 Å². The van der Waals surface area contributed by atoms with Crippen LogP contribution in [0.3, 0.4) is 0 Å². The first-order valence-electron chi connectivity index (χ1n) is 9.52. The number of sulfonamides is 1. The van der Waals surface area contributed by atoms with Gasteiger partial charge in [-0.15, -0.1) is 0 Å². The van der Waals surface area contributed by atoms with Crippen molar-refractivity contribution in [3.05, 3.63) is 18.0 Å². The molecule has 2 heterocycles. The average Bonchev–Trinajstić information content (AvgIpc) is 3.38. The van der Waals surface area contributed by atoms with Crippen LogP contribution < -0.4 is 5.32 Å². The molecule has 1 aliphatic heterocycles. The molecule has 1 aromatic rings. The topological polar surface area (TPSA) is 82.3 Å². The highest BCUT2D eigenvalue weighted by Crippen LogP contribution is 2.49. The molecular weight excluding hydrogens is 370 g/mol. The van der Waals surface area contributed by atoms with Gasteiger partial charge in [-0.1, -0.05) is 6.42 Å². The Morgan fingerprint density at radius 1 is 1.31 bits per heavy atom. The lowest BCUT2D eigenvalue weighted by Crippen LogP contribution is -2.40. The molecule has 3 fully saturated rings. The molecule has 4 unspecified atom stereocenters. The fourth-order valence-electron chi connectivity index (χ4n) is 4.89. The first kappa shape index (κ1) is 18.4. The van der Waals surface area contributed by atoms with Crippen LogP contribution in [0.4, 0.5) is 0 Å². The third-order valence-electron chi connectivity index (χ3n) is 6.30. The molecule has 1 saturated heterocycles. The summed E-state index contributed by atoms with van der Waals surface area (Å²) in [7, 11) is -3.52. The number of carbonyl (C=O) groups is 1. The summed E-state index contributed by atoms with van der Waals surface area (Å²) in [4.78, 5) is 15.6. The molecule has 3 aliphatic rings. The Bertz CT molecular complexity index is 770. The van der Waals surface area contributed by atoms with Crippen LogP contribution in [0, 0.1) is 17.8 Å². The summed E-state index contributed by atoms with van der Waals surface area (Å²) >= 11 is 1.77. The summed E-state index contributed by atoms with van der Waals surface area (Å²) in [5.74, 6) is 3.56. The fraction of sp³-hybridized carbons (Fsp3) is 0.722. The van der Waals surface area contributed by atoms with E-state index in [4.69, 9.17) is 0 Å². The van der Waals surface area contributed by atoms with Gasteiger partial charge in [0.05, 0.1) is 0 Å². The molecule has 144 valence electrons. The molecular formula is C18H27N3O3S2. The van der Waals surface area contributed by atoms with Crippen LogP contribution in [0.5, 0.6) is 0 Å². The van der Waals surface area contributed by atoms with Gasteiger partial charge < -0.3 is 10.3 Å². The number of hydrogen-bond donors (Lipinski definition) is 2. The second-order valence-electron chi connectivity index (χ2n) is 7.87. The van der Waals surface area contributed by atoms with Crippen LogP contribution in [0.15, 0.2) is 17.2 Å². The van der Waals surface area contributed by atoms with E-state index in [9.17, 15) is 13.2 Å². The lowest BCUT2D eigenvalue weighted by Gasteiger charge is -2.28. The summed E-state index contributed by atoms with van der Waals surface area (Å²) in [6.45, 7) is 3.14. The molecule has 2 bridgehead atoms. The number of hydrogen-bond acceptors (Lipinski definition) is 4. The van der Waals surface area contributed by atoms with Crippen molar-refractivity contribution in [2.45, 2.75) is 43.5 Å². The maximum Gasteiger partial charge on any atom is 0.267 e. The van der Waals surface area contributed by atoms with Crippen LogP contribution in [0.25, 0.3) is 0 Å². The van der Waals surface area contributed by atoms with Gasteiger partial charge >= 0.3 is 0 Å². The van der Waals surface area contributed by atoms with E-state index >= 15 is 0 Å². The Hall–Kier alpha value is -0.990. The van der Waals surface area contributed by atoms with Gasteiger partial charge in [-0.3, -0.25) is 4.79 Å². The minimum atomic E-state index is -3.52. The molecule has 26 heavy (non-hydrogen) atoms. The number of amides is 1. The highest BCUT2D eigenvalue weighted by atomic mass is 32.2. The van der Waals surface area contributed by atoms with Crippen molar-refractivity contribution in [2.24, 2.45) is 17.8 Å². The molecule has 4 rings (SSSR count). The first-order chi connectivity index (χ1) is 12.4. The number of nitrogens with zero attached hydrogens (tertiary/aromatic N) is 1. The Labute approximate surface area is 159 Å². The monoisotopic (exact) mass is 397 g/mol. The molecule has 1 amide bonds. The van der Waals surface area contributed by atoms with E-state index in [1.807, 2.05) is 0 Å². The van der Waals surface area contributed by atoms with Crippen molar-refractivity contribution in [3.8, 4) is 0 Å². The van der Waals surface area contributed by atoms with Gasteiger partial charge in [-0.25, -0.2) is 8.42 Å². The zero-order valence-corrected chi connectivity index (χ0v) is 16.7. The molecule has 2 aliphatic carbocycles. The van der Waals surface area contributed by atoms with Gasteiger partial charge in [0.2, 0.25) is 10.0 Å². The molecule has 1 aromatic heterocycles. The van der Waals surface area contributed by atoms with Crippen molar-refractivity contribution < 1.29 is 13.2 Å². The normalized spacial score (nSPS) is 30.4. The second-order valence-corrected chi connectivity index (χ2v) is 11.0. The number of rotatable bonds is 5. The largest absolute Gasteiger partial charge is 0.356 e. The van der Waals surface area contributed by atoms with Crippen molar-refractivity contribution in [3.63, 3.8) is 0 Å². The number of aromatic nitrogens is 1. The van der Waals surface area contributed by atoms with Crippen molar-refractivity contribution >= 4 is 27.7 Å². The predicted molar refractivity (Wildman–Crippen MR) is 103 cm³/mol. The number of thioether (sulfide) groups is 1. The zero-order valence-electron chi connectivity index (χ0n) is 15.1. The molecule has 2 saturated carbocycles. The number of aromatic amines is 1. The summed E-state index contributed by atoms with van der Waals surface area (Å²) < 4.78 is 26.9. The minimum absolute atomic E-state index is 0.125. The van der Waals surface area contributed by atoms with Gasteiger partial charge in [0.25, 0.3) is 5.91 Å². The van der Waals surface area contributed by atoms with Gasteiger partial charge in [-0.05, 0) is 50.0 Å². The summed E-state index contributed by atoms with van der Waals surface area (Å²) in [5.41, 5.74) is 0.324.